The second-order valence-corrected chi connectivity index (χ2v) is 12.1. The molecule has 4 rings (SSSR count). The Morgan fingerprint density at radius 3 is 2.33 bits per heavy atom. The van der Waals surface area contributed by atoms with Gasteiger partial charge in [-0.15, -0.1) is 21.5 Å². The Morgan fingerprint density at radius 1 is 0.957 bits per heavy atom. The summed E-state index contributed by atoms with van der Waals surface area (Å²) in [6.45, 7) is 7.00. The van der Waals surface area contributed by atoms with E-state index in [1.54, 1.807) is 45.4 Å². The molecule has 0 bridgehead atoms. The molecular formula is C32H35N5O7S2. The number of carbonyl (C=O) groups is 4. The number of carbonyl (C=O) groups excluding carboxylic acids is 4. The van der Waals surface area contributed by atoms with Gasteiger partial charge in [0.25, 0.3) is 0 Å². The number of rotatable bonds is 14. The fraction of sp³-hybridized carbons (Fsp3) is 0.312. The van der Waals surface area contributed by atoms with Crippen LogP contribution in [0, 0.1) is 6.92 Å². The minimum Gasteiger partial charge on any atom is -0.495 e. The van der Waals surface area contributed by atoms with E-state index in [-0.39, 0.29) is 47.5 Å². The van der Waals surface area contributed by atoms with Crippen molar-refractivity contribution in [3.8, 4) is 11.4 Å². The molecule has 2 aromatic carbocycles. The lowest BCUT2D eigenvalue weighted by Gasteiger charge is -2.16. The van der Waals surface area contributed by atoms with Crippen molar-refractivity contribution in [2.24, 2.45) is 0 Å². The molecule has 0 fully saturated rings. The first-order valence-corrected chi connectivity index (χ1v) is 16.2. The number of methoxy groups -OCH3 is 1. The van der Waals surface area contributed by atoms with Gasteiger partial charge in [0.1, 0.15) is 15.6 Å². The van der Waals surface area contributed by atoms with Gasteiger partial charge in [-0.2, -0.15) is 0 Å². The van der Waals surface area contributed by atoms with Crippen LogP contribution in [0.3, 0.4) is 0 Å². The maximum Gasteiger partial charge on any atom is 0.348 e. The van der Waals surface area contributed by atoms with Crippen LogP contribution in [0.5, 0.6) is 5.75 Å². The summed E-state index contributed by atoms with van der Waals surface area (Å²) in [5.41, 5.74) is 1.97. The Kier molecular flexibility index (Phi) is 11.9. The molecule has 14 heteroatoms. The van der Waals surface area contributed by atoms with Crippen LogP contribution in [0.15, 0.2) is 59.8 Å². The van der Waals surface area contributed by atoms with Gasteiger partial charge in [-0.05, 0) is 51.0 Å². The van der Waals surface area contributed by atoms with Crippen molar-refractivity contribution in [2.75, 3.05) is 25.6 Å². The number of hydrogen-bond acceptors (Lipinski definition) is 11. The van der Waals surface area contributed by atoms with E-state index in [0.717, 1.165) is 28.7 Å². The SMILES string of the molecule is CCOC(=O)c1sc(NC(=O)C(C)Sc2nnc(CNC(=O)Cc3ccccc3)n2-c2ccccc2OC)c(C(=O)OCC)c1C. The lowest BCUT2D eigenvalue weighted by Crippen LogP contribution is -2.26. The van der Waals surface area contributed by atoms with Crippen molar-refractivity contribution in [3.05, 3.63) is 82.0 Å². The lowest BCUT2D eigenvalue weighted by atomic mass is 10.1. The van der Waals surface area contributed by atoms with E-state index in [0.29, 0.717) is 28.0 Å². The molecule has 4 aromatic rings. The number of benzene rings is 2. The second-order valence-electron chi connectivity index (χ2n) is 9.80. The number of thioether (sulfide) groups is 1. The highest BCUT2D eigenvalue weighted by molar-refractivity contribution is 8.00. The third kappa shape index (κ3) is 8.12. The maximum atomic E-state index is 13.5. The molecule has 1 atom stereocenters. The Hall–Kier alpha value is -4.69. The molecule has 1 unspecified atom stereocenters. The van der Waals surface area contributed by atoms with Crippen molar-refractivity contribution in [1.82, 2.24) is 20.1 Å². The van der Waals surface area contributed by atoms with Gasteiger partial charge in [0.2, 0.25) is 11.8 Å². The molecule has 0 aliphatic heterocycles. The van der Waals surface area contributed by atoms with Gasteiger partial charge in [0.05, 0.1) is 49.8 Å². The fourth-order valence-corrected chi connectivity index (χ4v) is 6.41. The zero-order valence-corrected chi connectivity index (χ0v) is 27.8. The van der Waals surface area contributed by atoms with Crippen LogP contribution in [-0.4, -0.2) is 64.1 Å². The molecular weight excluding hydrogens is 631 g/mol. The quantitative estimate of drug-likeness (QED) is 0.139. The average Bonchev–Trinajstić information content (AvgIpc) is 3.60. The number of hydrogen-bond donors (Lipinski definition) is 2. The number of para-hydroxylation sites is 2. The molecule has 0 aliphatic carbocycles. The predicted octanol–water partition coefficient (Wildman–Crippen LogP) is 4.98. The summed E-state index contributed by atoms with van der Waals surface area (Å²) in [6.07, 6.45) is 0.205. The van der Waals surface area contributed by atoms with Gasteiger partial charge >= 0.3 is 11.9 Å². The number of thiophene rings is 1. The monoisotopic (exact) mass is 665 g/mol. The van der Waals surface area contributed by atoms with E-state index in [1.165, 1.54) is 0 Å². The van der Waals surface area contributed by atoms with E-state index in [9.17, 15) is 19.2 Å². The molecule has 2 amide bonds. The van der Waals surface area contributed by atoms with Gasteiger partial charge in [-0.3, -0.25) is 14.2 Å². The number of nitrogens with one attached hydrogen (secondary N) is 2. The molecule has 0 spiro atoms. The third-order valence-electron chi connectivity index (χ3n) is 6.65. The highest BCUT2D eigenvalue weighted by atomic mass is 32.2. The summed E-state index contributed by atoms with van der Waals surface area (Å²) in [5, 5.41) is 14.2. The second kappa shape index (κ2) is 16.0. The first-order valence-electron chi connectivity index (χ1n) is 14.5. The van der Waals surface area contributed by atoms with Crippen molar-refractivity contribution in [2.45, 2.75) is 51.1 Å². The smallest absolute Gasteiger partial charge is 0.348 e. The molecule has 2 N–H and O–H groups in total. The summed E-state index contributed by atoms with van der Waals surface area (Å²) in [6, 6.07) is 16.7. The molecule has 2 aromatic heterocycles. The lowest BCUT2D eigenvalue weighted by molar-refractivity contribution is -0.120. The molecule has 2 heterocycles. The molecule has 0 aliphatic rings. The number of esters is 2. The Labute approximate surface area is 274 Å². The Balaban J connectivity index is 1.59. The Morgan fingerprint density at radius 2 is 1.63 bits per heavy atom. The third-order valence-corrected chi connectivity index (χ3v) is 8.88. The van der Waals surface area contributed by atoms with Crippen LogP contribution in [0.25, 0.3) is 5.69 Å². The number of anilines is 1. The van der Waals surface area contributed by atoms with Crippen molar-refractivity contribution in [3.63, 3.8) is 0 Å². The first kappa shape index (κ1) is 34.2. The van der Waals surface area contributed by atoms with E-state index < -0.39 is 23.1 Å². The van der Waals surface area contributed by atoms with Gasteiger partial charge < -0.3 is 24.8 Å². The van der Waals surface area contributed by atoms with Gasteiger partial charge in [0.15, 0.2) is 11.0 Å². The van der Waals surface area contributed by atoms with Crippen LogP contribution in [-0.2, 0) is 32.0 Å². The predicted molar refractivity (Wildman–Crippen MR) is 175 cm³/mol. The van der Waals surface area contributed by atoms with E-state index in [2.05, 4.69) is 20.8 Å². The Bertz CT molecular complexity index is 1700. The number of aromatic nitrogens is 3. The number of amides is 2. The minimum atomic E-state index is -0.735. The molecule has 0 saturated heterocycles. The molecule has 12 nitrogen and oxygen atoms in total. The number of ether oxygens (including phenoxy) is 3. The van der Waals surface area contributed by atoms with Crippen LogP contribution in [0.2, 0.25) is 0 Å². The normalized spacial score (nSPS) is 11.4. The van der Waals surface area contributed by atoms with Crippen LogP contribution < -0.4 is 15.4 Å². The van der Waals surface area contributed by atoms with Gasteiger partial charge in [-0.1, -0.05) is 54.2 Å². The summed E-state index contributed by atoms with van der Waals surface area (Å²) >= 11 is 2.08. The fourth-order valence-electron chi connectivity index (χ4n) is 4.44. The van der Waals surface area contributed by atoms with Gasteiger partial charge in [0, 0.05) is 0 Å². The summed E-state index contributed by atoms with van der Waals surface area (Å²) in [5.74, 6) is -0.909. The highest BCUT2D eigenvalue weighted by Crippen LogP contribution is 2.36. The molecule has 242 valence electrons. The van der Waals surface area contributed by atoms with Crippen molar-refractivity contribution < 1.29 is 33.4 Å². The van der Waals surface area contributed by atoms with Crippen molar-refractivity contribution >= 4 is 51.9 Å². The maximum absolute atomic E-state index is 13.5. The van der Waals surface area contributed by atoms with E-state index in [1.807, 2.05) is 48.5 Å². The summed E-state index contributed by atoms with van der Waals surface area (Å²) in [7, 11) is 1.54. The van der Waals surface area contributed by atoms with Gasteiger partial charge in [-0.25, -0.2) is 9.59 Å². The van der Waals surface area contributed by atoms with E-state index >= 15 is 0 Å². The summed E-state index contributed by atoms with van der Waals surface area (Å²) in [4.78, 5) is 51.8. The molecule has 0 saturated carbocycles. The zero-order chi connectivity index (χ0) is 33.2. The van der Waals surface area contributed by atoms with E-state index in [4.69, 9.17) is 14.2 Å². The first-order chi connectivity index (χ1) is 22.2. The van der Waals surface area contributed by atoms with Crippen LogP contribution >= 0.6 is 23.1 Å². The zero-order valence-electron chi connectivity index (χ0n) is 26.1. The standard InChI is InChI=1S/C32H35N5O7S2/c1-6-43-30(40)26-19(3)27(31(41)44-7-2)46-29(26)34-28(39)20(4)45-32-36-35-24(37(32)22-15-11-12-16-23(22)42-5)18-33-25(38)17-21-13-9-8-10-14-21/h8-16,20H,6-7,17-18H2,1-5H3,(H,33,38)(H,34,39). The topological polar surface area (TPSA) is 151 Å². The molecule has 46 heavy (non-hydrogen) atoms. The number of nitrogens with zero attached hydrogens (tertiary/aromatic N) is 3. The van der Waals surface area contributed by atoms with Crippen LogP contribution in [0.1, 0.15) is 57.8 Å². The minimum absolute atomic E-state index is 0.0753. The van der Waals surface area contributed by atoms with Crippen molar-refractivity contribution in [1.29, 1.82) is 0 Å². The summed E-state index contributed by atoms with van der Waals surface area (Å²) < 4.78 is 17.7. The highest BCUT2D eigenvalue weighted by Gasteiger charge is 2.29. The van der Waals surface area contributed by atoms with Crippen LogP contribution in [0.4, 0.5) is 5.00 Å². The average molecular weight is 666 g/mol. The molecule has 0 radical (unpaired) electrons. The largest absolute Gasteiger partial charge is 0.495 e.